The molecule has 1 aliphatic rings. The Hall–Kier alpha value is -2.14. The van der Waals surface area contributed by atoms with Gasteiger partial charge in [0.2, 0.25) is 5.91 Å². The van der Waals surface area contributed by atoms with Crippen molar-refractivity contribution in [3.05, 3.63) is 58.3 Å². The molecule has 3 rings (SSSR count). The standard InChI is InChI=1S/C19H22N2O2S/c22-18-14-16(15-8-3-1-4-9-15)21(12-6-2-5-11-20-18)19(23)17-10-7-13-24-17/h1,3-4,7-10,13,16H,2,5-6,11-12,14H2,(H,20,22). The summed E-state index contributed by atoms with van der Waals surface area (Å²) in [4.78, 5) is 27.9. The number of amides is 2. The van der Waals surface area contributed by atoms with Crippen LogP contribution in [0.5, 0.6) is 0 Å². The van der Waals surface area contributed by atoms with Gasteiger partial charge in [-0.3, -0.25) is 9.59 Å². The monoisotopic (exact) mass is 342 g/mol. The quantitative estimate of drug-likeness (QED) is 0.906. The largest absolute Gasteiger partial charge is 0.356 e. The molecule has 1 atom stereocenters. The predicted octanol–water partition coefficient (Wildman–Crippen LogP) is 3.62. The van der Waals surface area contributed by atoms with Crippen molar-refractivity contribution in [1.82, 2.24) is 10.2 Å². The van der Waals surface area contributed by atoms with Gasteiger partial charge >= 0.3 is 0 Å². The van der Waals surface area contributed by atoms with E-state index in [4.69, 9.17) is 0 Å². The fourth-order valence-corrected chi connectivity index (χ4v) is 3.76. The lowest BCUT2D eigenvalue weighted by atomic mass is 9.99. The smallest absolute Gasteiger partial charge is 0.264 e. The SMILES string of the molecule is O=C1CC(c2ccccc2)N(C(=O)c2cccs2)CCCCCN1. The number of carbonyl (C=O) groups excluding carboxylic acids is 2. The number of hydrogen-bond donors (Lipinski definition) is 1. The van der Waals surface area contributed by atoms with E-state index in [1.54, 1.807) is 0 Å². The molecule has 126 valence electrons. The van der Waals surface area contributed by atoms with Crippen LogP contribution in [-0.2, 0) is 4.79 Å². The van der Waals surface area contributed by atoms with Crippen LogP contribution in [0.25, 0.3) is 0 Å². The van der Waals surface area contributed by atoms with Gasteiger partial charge in [0, 0.05) is 13.1 Å². The third-order valence-corrected chi connectivity index (χ3v) is 5.19. The molecular formula is C19H22N2O2S. The molecule has 5 heteroatoms. The molecule has 1 fully saturated rings. The highest BCUT2D eigenvalue weighted by atomic mass is 32.1. The fraction of sp³-hybridized carbons (Fsp3) is 0.368. The number of carbonyl (C=O) groups is 2. The number of nitrogens with zero attached hydrogens (tertiary/aromatic N) is 1. The normalized spacial score (nSPS) is 19.6. The van der Waals surface area contributed by atoms with Crippen LogP contribution in [0.1, 0.15) is 47.0 Å². The summed E-state index contributed by atoms with van der Waals surface area (Å²) < 4.78 is 0. The Kier molecular flexibility index (Phi) is 5.64. The lowest BCUT2D eigenvalue weighted by molar-refractivity contribution is -0.122. The molecule has 2 aromatic rings. The van der Waals surface area contributed by atoms with E-state index in [1.165, 1.54) is 11.3 Å². The second-order valence-corrected chi connectivity index (χ2v) is 6.96. The molecule has 4 nitrogen and oxygen atoms in total. The average Bonchev–Trinajstić information content (AvgIpc) is 3.15. The van der Waals surface area contributed by atoms with Crippen molar-refractivity contribution in [2.45, 2.75) is 31.7 Å². The predicted molar refractivity (Wildman–Crippen MR) is 96.0 cm³/mol. The molecule has 0 saturated carbocycles. The van der Waals surface area contributed by atoms with Crippen LogP contribution in [0.15, 0.2) is 47.8 Å². The Morgan fingerprint density at radius 1 is 1.08 bits per heavy atom. The van der Waals surface area contributed by atoms with Crippen molar-refractivity contribution in [2.24, 2.45) is 0 Å². The summed E-state index contributed by atoms with van der Waals surface area (Å²) in [6.07, 6.45) is 3.23. The van der Waals surface area contributed by atoms with Crippen LogP contribution in [0.3, 0.4) is 0 Å². The molecule has 0 aliphatic carbocycles. The molecule has 1 saturated heterocycles. The summed E-state index contributed by atoms with van der Waals surface area (Å²) >= 11 is 1.45. The van der Waals surface area contributed by atoms with Crippen LogP contribution in [-0.4, -0.2) is 29.8 Å². The average molecular weight is 342 g/mol. The zero-order valence-corrected chi connectivity index (χ0v) is 14.4. The van der Waals surface area contributed by atoms with Gasteiger partial charge in [0.15, 0.2) is 0 Å². The molecule has 0 bridgehead atoms. The van der Waals surface area contributed by atoms with Crippen LogP contribution < -0.4 is 5.32 Å². The Labute approximate surface area is 146 Å². The van der Waals surface area contributed by atoms with E-state index in [2.05, 4.69) is 5.32 Å². The minimum absolute atomic E-state index is 0.00901. The second kappa shape index (κ2) is 8.11. The Morgan fingerprint density at radius 2 is 1.92 bits per heavy atom. The van der Waals surface area contributed by atoms with Crippen LogP contribution in [0.4, 0.5) is 0 Å². The Morgan fingerprint density at radius 3 is 2.67 bits per heavy atom. The molecule has 1 unspecified atom stereocenters. The topological polar surface area (TPSA) is 49.4 Å². The van der Waals surface area contributed by atoms with Crippen molar-refractivity contribution in [3.8, 4) is 0 Å². The summed E-state index contributed by atoms with van der Waals surface area (Å²) in [6.45, 7) is 1.41. The van der Waals surface area contributed by atoms with Gasteiger partial charge in [0.25, 0.3) is 5.91 Å². The van der Waals surface area contributed by atoms with Gasteiger partial charge in [0.05, 0.1) is 17.3 Å². The van der Waals surface area contributed by atoms with Gasteiger partial charge in [-0.25, -0.2) is 0 Å². The van der Waals surface area contributed by atoms with Crippen molar-refractivity contribution >= 4 is 23.2 Å². The zero-order chi connectivity index (χ0) is 16.8. The zero-order valence-electron chi connectivity index (χ0n) is 13.6. The molecular weight excluding hydrogens is 320 g/mol. The molecule has 1 N–H and O–H groups in total. The summed E-state index contributed by atoms with van der Waals surface area (Å²) in [5.41, 5.74) is 1.01. The number of hydrogen-bond acceptors (Lipinski definition) is 3. The van der Waals surface area contributed by atoms with Crippen LogP contribution in [0.2, 0.25) is 0 Å². The van der Waals surface area contributed by atoms with E-state index in [-0.39, 0.29) is 17.9 Å². The van der Waals surface area contributed by atoms with Crippen LogP contribution >= 0.6 is 11.3 Å². The van der Waals surface area contributed by atoms with E-state index >= 15 is 0 Å². The van der Waals surface area contributed by atoms with Crippen LogP contribution in [0, 0.1) is 0 Å². The van der Waals surface area contributed by atoms with Gasteiger partial charge in [-0.15, -0.1) is 11.3 Å². The minimum Gasteiger partial charge on any atom is -0.356 e. The first-order valence-electron chi connectivity index (χ1n) is 8.42. The Bertz CT molecular complexity index is 670. The highest BCUT2D eigenvalue weighted by Crippen LogP contribution is 2.28. The van der Waals surface area contributed by atoms with E-state index < -0.39 is 0 Å². The number of rotatable bonds is 2. The van der Waals surface area contributed by atoms with Crippen molar-refractivity contribution in [1.29, 1.82) is 0 Å². The molecule has 2 heterocycles. The van der Waals surface area contributed by atoms with Gasteiger partial charge in [-0.1, -0.05) is 36.4 Å². The van der Waals surface area contributed by atoms with E-state index in [0.717, 1.165) is 36.2 Å². The molecule has 24 heavy (non-hydrogen) atoms. The highest BCUT2D eigenvalue weighted by molar-refractivity contribution is 7.12. The molecule has 1 aromatic carbocycles. The van der Waals surface area contributed by atoms with Crippen molar-refractivity contribution in [3.63, 3.8) is 0 Å². The van der Waals surface area contributed by atoms with E-state index in [9.17, 15) is 9.59 Å². The van der Waals surface area contributed by atoms with E-state index in [0.29, 0.717) is 13.0 Å². The first-order valence-corrected chi connectivity index (χ1v) is 9.30. The van der Waals surface area contributed by atoms with Crippen molar-refractivity contribution < 1.29 is 9.59 Å². The maximum absolute atomic E-state index is 13.0. The molecule has 2 amide bonds. The molecule has 1 aromatic heterocycles. The Balaban J connectivity index is 1.93. The third kappa shape index (κ3) is 4.03. The number of nitrogens with one attached hydrogen (secondary N) is 1. The maximum Gasteiger partial charge on any atom is 0.264 e. The second-order valence-electron chi connectivity index (χ2n) is 6.02. The van der Waals surface area contributed by atoms with Crippen molar-refractivity contribution in [2.75, 3.05) is 13.1 Å². The fourth-order valence-electron chi connectivity index (χ4n) is 3.08. The lowest BCUT2D eigenvalue weighted by Gasteiger charge is -2.32. The highest BCUT2D eigenvalue weighted by Gasteiger charge is 2.28. The molecule has 0 spiro atoms. The number of benzene rings is 1. The summed E-state index contributed by atoms with van der Waals surface area (Å²) in [6, 6.07) is 13.4. The summed E-state index contributed by atoms with van der Waals surface area (Å²) in [5, 5.41) is 4.89. The third-order valence-electron chi connectivity index (χ3n) is 4.33. The summed E-state index contributed by atoms with van der Waals surface area (Å²) in [5.74, 6) is 0.0296. The maximum atomic E-state index is 13.0. The number of thiophene rings is 1. The van der Waals surface area contributed by atoms with Gasteiger partial charge in [-0.2, -0.15) is 0 Å². The van der Waals surface area contributed by atoms with E-state index in [1.807, 2.05) is 52.7 Å². The minimum atomic E-state index is -0.223. The molecule has 1 aliphatic heterocycles. The van der Waals surface area contributed by atoms with Gasteiger partial charge < -0.3 is 10.2 Å². The summed E-state index contributed by atoms with van der Waals surface area (Å²) in [7, 11) is 0. The van der Waals surface area contributed by atoms with Gasteiger partial charge in [0.1, 0.15) is 0 Å². The lowest BCUT2D eigenvalue weighted by Crippen LogP contribution is -2.39. The first-order chi connectivity index (χ1) is 11.8. The van der Waals surface area contributed by atoms with Gasteiger partial charge in [-0.05, 0) is 36.3 Å². The first kappa shape index (κ1) is 16.7. The molecule has 0 radical (unpaired) electrons.